The molecule has 0 fully saturated rings. The highest BCUT2D eigenvalue weighted by Gasteiger charge is 2.03. The van der Waals surface area contributed by atoms with E-state index in [0.29, 0.717) is 12.2 Å². The predicted molar refractivity (Wildman–Crippen MR) is 55.6 cm³/mol. The van der Waals surface area contributed by atoms with Crippen molar-refractivity contribution in [3.63, 3.8) is 0 Å². The van der Waals surface area contributed by atoms with Crippen molar-refractivity contribution in [2.24, 2.45) is 5.73 Å². The van der Waals surface area contributed by atoms with Crippen LogP contribution in [0.15, 0.2) is 24.3 Å². The van der Waals surface area contributed by atoms with Crippen LogP contribution in [0, 0.1) is 0 Å². The van der Waals surface area contributed by atoms with Crippen molar-refractivity contribution in [2.45, 2.75) is 13.3 Å². The predicted octanol–water partition coefficient (Wildman–Crippen LogP) is 1.62. The highest BCUT2D eigenvalue weighted by atomic mass is 16.5. The maximum Gasteiger partial charge on any atom is 0.176 e. The standard InChI is InChI=1S/C11H15NO2/c1-2-6-14-10-5-3-4-9(7-10)11(13)8-12/h3-5,7H,2,6,8,12H2,1H3. The molecule has 0 atom stereocenters. The maximum atomic E-state index is 11.3. The first-order valence-electron chi connectivity index (χ1n) is 4.74. The third kappa shape index (κ3) is 2.85. The fourth-order valence-corrected chi connectivity index (χ4v) is 1.10. The van der Waals surface area contributed by atoms with Gasteiger partial charge in [-0.15, -0.1) is 0 Å². The van der Waals surface area contributed by atoms with Crippen LogP contribution >= 0.6 is 0 Å². The summed E-state index contributed by atoms with van der Waals surface area (Å²) < 4.78 is 5.40. The summed E-state index contributed by atoms with van der Waals surface area (Å²) in [7, 11) is 0. The molecule has 14 heavy (non-hydrogen) atoms. The first-order valence-corrected chi connectivity index (χ1v) is 4.74. The van der Waals surface area contributed by atoms with Crippen molar-refractivity contribution < 1.29 is 9.53 Å². The van der Waals surface area contributed by atoms with Crippen LogP contribution in [0.3, 0.4) is 0 Å². The topological polar surface area (TPSA) is 52.3 Å². The molecular formula is C11H15NO2. The molecule has 1 aromatic carbocycles. The first-order chi connectivity index (χ1) is 6.77. The van der Waals surface area contributed by atoms with Gasteiger partial charge in [0, 0.05) is 5.56 Å². The number of benzene rings is 1. The van der Waals surface area contributed by atoms with Gasteiger partial charge in [0.15, 0.2) is 5.78 Å². The Balaban J connectivity index is 2.73. The van der Waals surface area contributed by atoms with Gasteiger partial charge in [-0.2, -0.15) is 0 Å². The van der Waals surface area contributed by atoms with E-state index in [2.05, 4.69) is 0 Å². The summed E-state index contributed by atoms with van der Waals surface area (Å²) in [6.07, 6.45) is 0.953. The fraction of sp³-hybridized carbons (Fsp3) is 0.364. The molecule has 0 saturated carbocycles. The Morgan fingerprint density at radius 2 is 2.29 bits per heavy atom. The minimum absolute atomic E-state index is 0.0389. The van der Waals surface area contributed by atoms with Crippen molar-refractivity contribution >= 4 is 5.78 Å². The molecule has 0 aliphatic heterocycles. The Morgan fingerprint density at radius 1 is 1.50 bits per heavy atom. The van der Waals surface area contributed by atoms with Crippen molar-refractivity contribution in [3.05, 3.63) is 29.8 Å². The van der Waals surface area contributed by atoms with Crippen molar-refractivity contribution in [3.8, 4) is 5.75 Å². The Bertz CT molecular complexity index is 310. The minimum atomic E-state index is -0.0630. The highest BCUT2D eigenvalue weighted by Crippen LogP contribution is 2.13. The lowest BCUT2D eigenvalue weighted by Crippen LogP contribution is -2.13. The lowest BCUT2D eigenvalue weighted by Gasteiger charge is -2.05. The van der Waals surface area contributed by atoms with Crippen LogP contribution in [0.2, 0.25) is 0 Å². The molecule has 3 heteroatoms. The van der Waals surface area contributed by atoms with E-state index < -0.39 is 0 Å². The van der Waals surface area contributed by atoms with Crippen LogP contribution in [-0.4, -0.2) is 18.9 Å². The zero-order valence-corrected chi connectivity index (χ0v) is 8.32. The van der Waals surface area contributed by atoms with Crippen LogP contribution < -0.4 is 10.5 Å². The van der Waals surface area contributed by atoms with Gasteiger partial charge in [0.05, 0.1) is 13.2 Å². The number of hydrogen-bond donors (Lipinski definition) is 1. The van der Waals surface area contributed by atoms with E-state index in [1.807, 2.05) is 13.0 Å². The van der Waals surface area contributed by atoms with Gasteiger partial charge in [-0.25, -0.2) is 0 Å². The molecule has 3 nitrogen and oxygen atoms in total. The van der Waals surface area contributed by atoms with E-state index in [0.717, 1.165) is 12.2 Å². The molecular weight excluding hydrogens is 178 g/mol. The van der Waals surface area contributed by atoms with Gasteiger partial charge in [-0.1, -0.05) is 19.1 Å². The second-order valence-corrected chi connectivity index (χ2v) is 3.00. The molecule has 0 heterocycles. The average Bonchev–Trinajstić information content (AvgIpc) is 2.25. The van der Waals surface area contributed by atoms with Crippen LogP contribution in [0.25, 0.3) is 0 Å². The molecule has 0 saturated heterocycles. The zero-order chi connectivity index (χ0) is 10.4. The molecule has 0 amide bonds. The van der Waals surface area contributed by atoms with Crippen LogP contribution in [0.5, 0.6) is 5.75 Å². The molecule has 1 rings (SSSR count). The van der Waals surface area contributed by atoms with E-state index >= 15 is 0 Å². The molecule has 0 radical (unpaired) electrons. The molecule has 76 valence electrons. The van der Waals surface area contributed by atoms with Crippen LogP contribution in [0.1, 0.15) is 23.7 Å². The number of nitrogens with two attached hydrogens (primary N) is 1. The first kappa shape index (κ1) is 10.7. The molecule has 0 aromatic heterocycles. The number of ketones is 1. The third-order valence-corrected chi connectivity index (χ3v) is 1.81. The summed E-state index contributed by atoms with van der Waals surface area (Å²) in [6, 6.07) is 7.11. The van der Waals surface area contributed by atoms with Crippen LogP contribution in [0.4, 0.5) is 0 Å². The number of rotatable bonds is 5. The Morgan fingerprint density at radius 3 is 2.93 bits per heavy atom. The summed E-state index contributed by atoms with van der Waals surface area (Å²) in [5.74, 6) is 0.665. The molecule has 1 aromatic rings. The van der Waals surface area contributed by atoms with E-state index in [-0.39, 0.29) is 12.3 Å². The number of Topliss-reactive ketones (excluding diaryl/α,β-unsaturated/α-hetero) is 1. The van der Waals surface area contributed by atoms with E-state index in [1.54, 1.807) is 18.2 Å². The van der Waals surface area contributed by atoms with E-state index in [4.69, 9.17) is 10.5 Å². The lowest BCUT2D eigenvalue weighted by atomic mass is 10.1. The average molecular weight is 193 g/mol. The summed E-state index contributed by atoms with van der Waals surface area (Å²) >= 11 is 0. The smallest absolute Gasteiger partial charge is 0.176 e. The molecule has 0 bridgehead atoms. The number of carbonyl (C=O) groups is 1. The summed E-state index contributed by atoms with van der Waals surface area (Å²) in [5.41, 5.74) is 5.88. The third-order valence-electron chi connectivity index (χ3n) is 1.81. The second kappa shape index (κ2) is 5.40. The molecule has 2 N–H and O–H groups in total. The second-order valence-electron chi connectivity index (χ2n) is 3.00. The Hall–Kier alpha value is -1.35. The van der Waals surface area contributed by atoms with Crippen molar-refractivity contribution in [1.82, 2.24) is 0 Å². The van der Waals surface area contributed by atoms with Gasteiger partial charge >= 0.3 is 0 Å². The summed E-state index contributed by atoms with van der Waals surface area (Å²) in [5, 5.41) is 0. The molecule has 0 aliphatic carbocycles. The number of ether oxygens (including phenoxy) is 1. The largest absolute Gasteiger partial charge is 0.494 e. The van der Waals surface area contributed by atoms with E-state index in [9.17, 15) is 4.79 Å². The van der Waals surface area contributed by atoms with Crippen molar-refractivity contribution in [1.29, 1.82) is 0 Å². The van der Waals surface area contributed by atoms with Crippen LogP contribution in [-0.2, 0) is 0 Å². The summed E-state index contributed by atoms with van der Waals surface area (Å²) in [4.78, 5) is 11.3. The van der Waals surface area contributed by atoms with Crippen molar-refractivity contribution in [2.75, 3.05) is 13.2 Å². The highest BCUT2D eigenvalue weighted by molar-refractivity contribution is 5.97. The van der Waals surface area contributed by atoms with Gasteiger partial charge in [0.25, 0.3) is 0 Å². The quantitative estimate of drug-likeness (QED) is 0.723. The number of carbonyl (C=O) groups excluding carboxylic acids is 1. The van der Waals surface area contributed by atoms with E-state index in [1.165, 1.54) is 0 Å². The molecule has 0 aliphatic rings. The van der Waals surface area contributed by atoms with Gasteiger partial charge in [0.2, 0.25) is 0 Å². The Labute approximate surface area is 83.9 Å². The van der Waals surface area contributed by atoms with Gasteiger partial charge in [-0.3, -0.25) is 4.79 Å². The maximum absolute atomic E-state index is 11.3. The summed E-state index contributed by atoms with van der Waals surface area (Å²) in [6.45, 7) is 2.74. The molecule has 0 unspecified atom stereocenters. The van der Waals surface area contributed by atoms with Gasteiger partial charge < -0.3 is 10.5 Å². The minimum Gasteiger partial charge on any atom is -0.494 e. The van der Waals surface area contributed by atoms with Gasteiger partial charge in [-0.05, 0) is 18.6 Å². The Kier molecular flexibility index (Phi) is 4.13. The fourth-order valence-electron chi connectivity index (χ4n) is 1.10. The lowest BCUT2D eigenvalue weighted by molar-refractivity contribution is 0.100. The number of hydrogen-bond acceptors (Lipinski definition) is 3. The monoisotopic (exact) mass is 193 g/mol. The normalized spacial score (nSPS) is 9.86. The SMILES string of the molecule is CCCOc1cccc(C(=O)CN)c1. The van der Waals surface area contributed by atoms with Gasteiger partial charge in [0.1, 0.15) is 5.75 Å². The molecule has 0 spiro atoms. The zero-order valence-electron chi connectivity index (χ0n) is 8.32.